The summed E-state index contributed by atoms with van der Waals surface area (Å²) in [6.07, 6.45) is 8.34. The highest BCUT2D eigenvalue weighted by atomic mass is 16.5. The number of nitrogens with zero attached hydrogens (tertiary/aromatic N) is 3. The maximum Gasteiger partial charge on any atom is 0.224 e. The van der Waals surface area contributed by atoms with Crippen LogP contribution in [0.2, 0.25) is 0 Å². The summed E-state index contributed by atoms with van der Waals surface area (Å²) >= 11 is 0. The number of hydrogen-bond acceptors (Lipinski definition) is 4. The zero-order valence-electron chi connectivity index (χ0n) is 15.7. The van der Waals surface area contributed by atoms with Crippen molar-refractivity contribution in [2.24, 2.45) is 0 Å². The van der Waals surface area contributed by atoms with Crippen LogP contribution in [0, 0.1) is 0 Å². The average Bonchev–Trinajstić information content (AvgIpc) is 3.09. The predicted octanol–water partition coefficient (Wildman–Crippen LogP) is 2.58. The number of piperidine rings is 1. The van der Waals surface area contributed by atoms with E-state index in [0.717, 1.165) is 51.2 Å². The Balaban J connectivity index is 1.52. The van der Waals surface area contributed by atoms with Gasteiger partial charge in [0.15, 0.2) is 0 Å². The van der Waals surface area contributed by atoms with E-state index in [-0.39, 0.29) is 17.6 Å². The molecule has 2 saturated heterocycles. The number of carbonyl (C=O) groups excluding carboxylic acids is 1. The lowest BCUT2D eigenvalue weighted by Gasteiger charge is -2.48. The first-order valence-electron chi connectivity index (χ1n) is 9.51. The molecule has 1 atom stereocenters. The predicted molar refractivity (Wildman–Crippen MR) is 95.5 cm³/mol. The van der Waals surface area contributed by atoms with Crippen molar-refractivity contribution in [1.82, 2.24) is 14.5 Å². The fourth-order valence-corrected chi connectivity index (χ4v) is 4.22. The van der Waals surface area contributed by atoms with Gasteiger partial charge in [0.25, 0.3) is 0 Å². The van der Waals surface area contributed by atoms with Crippen molar-refractivity contribution in [2.75, 3.05) is 26.8 Å². The van der Waals surface area contributed by atoms with Crippen molar-refractivity contribution in [3.8, 4) is 0 Å². The van der Waals surface area contributed by atoms with Gasteiger partial charge in [0, 0.05) is 58.1 Å². The number of hydrogen-bond donors (Lipinski definition) is 0. The molecular weight excluding hydrogens is 318 g/mol. The molecule has 3 rings (SSSR count). The first-order valence-corrected chi connectivity index (χ1v) is 9.51. The number of aromatic nitrogens is 2. The SMILES string of the molecule is CO[C@H]1CCCOC12CCN(C(=O)CCn1ccnc1C(C)C)CC2. The van der Waals surface area contributed by atoms with E-state index in [0.29, 0.717) is 18.9 Å². The zero-order chi connectivity index (χ0) is 17.9. The summed E-state index contributed by atoms with van der Waals surface area (Å²) in [6.45, 7) is 7.29. The number of imidazole rings is 1. The summed E-state index contributed by atoms with van der Waals surface area (Å²) in [5.41, 5.74) is -0.182. The molecule has 2 fully saturated rings. The van der Waals surface area contributed by atoms with Gasteiger partial charge in [-0.15, -0.1) is 0 Å². The molecule has 6 heteroatoms. The van der Waals surface area contributed by atoms with Gasteiger partial charge in [0.1, 0.15) is 5.82 Å². The number of rotatable bonds is 5. The number of likely N-dealkylation sites (tertiary alicyclic amines) is 1. The van der Waals surface area contributed by atoms with E-state index in [2.05, 4.69) is 23.4 Å². The summed E-state index contributed by atoms with van der Waals surface area (Å²) in [4.78, 5) is 19.0. The fourth-order valence-electron chi connectivity index (χ4n) is 4.22. The summed E-state index contributed by atoms with van der Waals surface area (Å²) in [5.74, 6) is 1.64. The standard InChI is InChI=1S/C19H31N3O3/c1-15(2)18-20-9-13-22(18)10-6-17(23)21-11-7-19(8-12-21)16(24-3)5-4-14-25-19/h9,13,15-16H,4-8,10-12,14H2,1-3H3/t16-/m0/s1. The van der Waals surface area contributed by atoms with Crippen molar-refractivity contribution in [3.63, 3.8) is 0 Å². The van der Waals surface area contributed by atoms with Gasteiger partial charge in [-0.1, -0.05) is 13.8 Å². The van der Waals surface area contributed by atoms with Gasteiger partial charge < -0.3 is 18.9 Å². The van der Waals surface area contributed by atoms with Crippen LogP contribution < -0.4 is 0 Å². The van der Waals surface area contributed by atoms with Gasteiger partial charge in [-0.2, -0.15) is 0 Å². The lowest BCUT2D eigenvalue weighted by atomic mass is 9.82. The molecule has 0 unspecified atom stereocenters. The molecule has 0 saturated carbocycles. The second-order valence-corrected chi connectivity index (χ2v) is 7.54. The van der Waals surface area contributed by atoms with Crippen LogP contribution in [0.15, 0.2) is 12.4 Å². The Hall–Kier alpha value is -1.40. The van der Waals surface area contributed by atoms with Gasteiger partial charge in [0.05, 0.1) is 11.7 Å². The largest absolute Gasteiger partial charge is 0.378 e. The number of aryl methyl sites for hydroxylation is 1. The first kappa shape index (κ1) is 18.4. The van der Waals surface area contributed by atoms with Crippen LogP contribution in [-0.2, 0) is 20.8 Å². The van der Waals surface area contributed by atoms with E-state index in [1.165, 1.54) is 0 Å². The zero-order valence-corrected chi connectivity index (χ0v) is 15.7. The van der Waals surface area contributed by atoms with Gasteiger partial charge in [-0.3, -0.25) is 4.79 Å². The Morgan fingerprint density at radius 2 is 2.20 bits per heavy atom. The molecule has 0 aromatic carbocycles. The van der Waals surface area contributed by atoms with Gasteiger partial charge in [0.2, 0.25) is 5.91 Å². The highest BCUT2D eigenvalue weighted by Crippen LogP contribution is 2.36. The molecule has 0 aliphatic carbocycles. The van der Waals surface area contributed by atoms with Crippen molar-refractivity contribution in [1.29, 1.82) is 0 Å². The molecule has 0 radical (unpaired) electrons. The first-order chi connectivity index (χ1) is 12.1. The Morgan fingerprint density at radius 1 is 1.44 bits per heavy atom. The van der Waals surface area contributed by atoms with Gasteiger partial charge in [-0.05, 0) is 25.7 Å². The van der Waals surface area contributed by atoms with E-state index in [1.54, 1.807) is 7.11 Å². The molecule has 0 N–H and O–H groups in total. The van der Waals surface area contributed by atoms with E-state index >= 15 is 0 Å². The molecule has 3 heterocycles. The van der Waals surface area contributed by atoms with Crippen LogP contribution in [0.5, 0.6) is 0 Å². The summed E-state index contributed by atoms with van der Waals surface area (Å²) in [5, 5.41) is 0. The molecule has 140 valence electrons. The summed E-state index contributed by atoms with van der Waals surface area (Å²) in [7, 11) is 1.77. The smallest absolute Gasteiger partial charge is 0.224 e. The molecule has 1 spiro atoms. The monoisotopic (exact) mass is 349 g/mol. The number of ether oxygens (including phenoxy) is 2. The third-order valence-corrected chi connectivity index (χ3v) is 5.66. The third kappa shape index (κ3) is 3.90. The quantitative estimate of drug-likeness (QED) is 0.820. The van der Waals surface area contributed by atoms with Crippen molar-refractivity contribution in [2.45, 2.75) is 70.1 Å². The molecule has 2 aliphatic heterocycles. The summed E-state index contributed by atoms with van der Waals surface area (Å²) in [6, 6.07) is 0. The normalized spacial score (nSPS) is 23.4. The van der Waals surface area contributed by atoms with Crippen molar-refractivity contribution in [3.05, 3.63) is 18.2 Å². The molecule has 25 heavy (non-hydrogen) atoms. The van der Waals surface area contributed by atoms with E-state index < -0.39 is 0 Å². The Bertz CT molecular complexity index is 576. The average molecular weight is 349 g/mol. The summed E-state index contributed by atoms with van der Waals surface area (Å²) < 4.78 is 13.9. The topological polar surface area (TPSA) is 56.6 Å². The van der Waals surface area contributed by atoms with E-state index in [9.17, 15) is 4.79 Å². The minimum atomic E-state index is -0.182. The minimum Gasteiger partial charge on any atom is -0.378 e. The number of amides is 1. The van der Waals surface area contributed by atoms with E-state index in [4.69, 9.17) is 9.47 Å². The van der Waals surface area contributed by atoms with Crippen LogP contribution in [-0.4, -0.2) is 58.9 Å². The molecule has 1 amide bonds. The highest BCUT2D eigenvalue weighted by Gasteiger charge is 2.45. The van der Waals surface area contributed by atoms with Crippen molar-refractivity contribution < 1.29 is 14.3 Å². The molecule has 6 nitrogen and oxygen atoms in total. The Kier molecular flexibility index (Phi) is 5.79. The van der Waals surface area contributed by atoms with Crippen LogP contribution in [0.4, 0.5) is 0 Å². The van der Waals surface area contributed by atoms with E-state index in [1.807, 2.05) is 17.3 Å². The highest BCUT2D eigenvalue weighted by molar-refractivity contribution is 5.76. The number of carbonyl (C=O) groups is 1. The van der Waals surface area contributed by atoms with Crippen LogP contribution >= 0.6 is 0 Å². The fraction of sp³-hybridized carbons (Fsp3) is 0.789. The maximum atomic E-state index is 12.6. The van der Waals surface area contributed by atoms with Crippen LogP contribution in [0.3, 0.4) is 0 Å². The molecule has 1 aromatic heterocycles. The van der Waals surface area contributed by atoms with Gasteiger partial charge in [-0.25, -0.2) is 4.98 Å². The molecule has 2 aliphatic rings. The Labute approximate surface area is 150 Å². The molecule has 1 aromatic rings. The Morgan fingerprint density at radius 3 is 2.88 bits per heavy atom. The lowest BCUT2D eigenvalue weighted by Crippen LogP contribution is -2.56. The molecular formula is C19H31N3O3. The van der Waals surface area contributed by atoms with Gasteiger partial charge >= 0.3 is 0 Å². The second-order valence-electron chi connectivity index (χ2n) is 7.54. The maximum absolute atomic E-state index is 12.6. The van der Waals surface area contributed by atoms with Crippen molar-refractivity contribution >= 4 is 5.91 Å². The third-order valence-electron chi connectivity index (χ3n) is 5.66. The van der Waals surface area contributed by atoms with Crippen LogP contribution in [0.1, 0.15) is 57.7 Å². The van der Waals surface area contributed by atoms with Crippen LogP contribution in [0.25, 0.3) is 0 Å². The second kappa shape index (κ2) is 7.87. The molecule has 0 bridgehead atoms. The minimum absolute atomic E-state index is 0.165. The lowest BCUT2D eigenvalue weighted by molar-refractivity contribution is -0.188. The number of methoxy groups -OCH3 is 1.